The van der Waals surface area contributed by atoms with Crippen molar-refractivity contribution in [3.63, 3.8) is 0 Å². The molecule has 208 valence electrons. The molecular weight excluding hydrogens is 520 g/mol. The average Bonchev–Trinajstić information content (AvgIpc) is 3.17. The van der Waals surface area contributed by atoms with Gasteiger partial charge in [0.2, 0.25) is 0 Å². The van der Waals surface area contributed by atoms with Gasteiger partial charge in [0.15, 0.2) is 6.10 Å². The number of epoxide rings is 1. The number of esters is 2. The molecule has 3 aliphatic heterocycles. The summed E-state index contributed by atoms with van der Waals surface area (Å²) in [4.78, 5) is 26.1. The second-order valence-electron chi connectivity index (χ2n) is 14.0. The minimum atomic E-state index is -0.746. The molecule has 0 amide bonds. The number of hydrogen-bond acceptors (Lipinski definition) is 8. The van der Waals surface area contributed by atoms with E-state index in [4.69, 9.17) is 18.6 Å². The zero-order valence-electron chi connectivity index (χ0n) is 23.3. The van der Waals surface area contributed by atoms with E-state index in [0.29, 0.717) is 5.92 Å². The van der Waals surface area contributed by atoms with Gasteiger partial charge in [0.25, 0.3) is 0 Å². The molecule has 1 aromatic rings. The first-order chi connectivity index (χ1) is 17.9. The van der Waals surface area contributed by atoms with E-state index in [9.17, 15) is 9.59 Å². The van der Waals surface area contributed by atoms with Crippen molar-refractivity contribution in [2.45, 2.75) is 102 Å². The summed E-state index contributed by atoms with van der Waals surface area (Å²) in [6, 6.07) is 1.90. The van der Waals surface area contributed by atoms with Crippen LogP contribution in [0.25, 0.3) is 0 Å². The molecule has 0 radical (unpaired) electrons. The Balaban J connectivity index is 1.38. The lowest BCUT2D eigenvalue weighted by molar-refractivity contribution is -0.267. The van der Waals surface area contributed by atoms with Crippen LogP contribution in [0.3, 0.4) is 0 Å². The van der Waals surface area contributed by atoms with Crippen molar-refractivity contribution in [3.05, 3.63) is 24.2 Å². The Hall–Kier alpha value is -1.12. The Morgan fingerprint density at radius 3 is 2.42 bits per heavy atom. The standard InChI is InChI=1S/C30H40O6S2/c1-17(31)34-21-15-20-25(2,3)29(37-13-14-38-29)11-10-26(20,4)19-7-9-27(5)22(18-8-12-33-16-18)35-24(32)23-30(27,36-23)28(19,21)6/h8,12,16,19-23H,7,9-11,13-15H2,1-6H3/t19-,20+,21+,22-,23+,26-,27+,28-,30-/m0/s1. The first kappa shape index (κ1) is 25.8. The topological polar surface area (TPSA) is 78.3 Å². The normalized spacial score (nSPS) is 49.7. The number of ether oxygens (including phenoxy) is 3. The van der Waals surface area contributed by atoms with Gasteiger partial charge >= 0.3 is 11.9 Å². The highest BCUT2D eigenvalue weighted by Crippen LogP contribution is 2.82. The van der Waals surface area contributed by atoms with Crippen molar-refractivity contribution >= 4 is 35.5 Å². The third-order valence-electron chi connectivity index (χ3n) is 12.4. The van der Waals surface area contributed by atoms with Gasteiger partial charge in [-0.1, -0.05) is 34.6 Å². The molecular formula is C30H40O6S2. The molecule has 3 saturated heterocycles. The molecule has 38 heavy (non-hydrogen) atoms. The van der Waals surface area contributed by atoms with Crippen molar-refractivity contribution in [1.82, 2.24) is 0 Å². The number of furan rings is 1. The van der Waals surface area contributed by atoms with Crippen LogP contribution < -0.4 is 0 Å². The van der Waals surface area contributed by atoms with Crippen molar-refractivity contribution in [3.8, 4) is 0 Å². The maximum atomic E-state index is 13.4. The molecule has 0 bridgehead atoms. The van der Waals surface area contributed by atoms with Gasteiger partial charge in [-0.15, -0.1) is 23.5 Å². The van der Waals surface area contributed by atoms with Crippen molar-refractivity contribution in [1.29, 1.82) is 0 Å². The highest BCUT2D eigenvalue weighted by Gasteiger charge is 2.88. The largest absolute Gasteiger partial charge is 0.472 e. The third-order valence-corrected chi connectivity index (χ3v) is 16.6. The Morgan fingerprint density at radius 1 is 1.03 bits per heavy atom. The molecule has 0 aromatic carbocycles. The summed E-state index contributed by atoms with van der Waals surface area (Å²) in [7, 11) is 0. The molecule has 6 aliphatic rings. The van der Waals surface area contributed by atoms with Crippen molar-refractivity contribution in [2.75, 3.05) is 11.5 Å². The monoisotopic (exact) mass is 560 g/mol. The minimum absolute atomic E-state index is 0.0585. The van der Waals surface area contributed by atoms with E-state index in [1.807, 2.05) is 6.07 Å². The molecule has 9 atom stereocenters. The zero-order chi connectivity index (χ0) is 26.9. The van der Waals surface area contributed by atoms with Gasteiger partial charge in [-0.2, -0.15) is 0 Å². The average molecular weight is 561 g/mol. The van der Waals surface area contributed by atoms with Crippen LogP contribution in [0.1, 0.15) is 85.3 Å². The minimum Gasteiger partial charge on any atom is -0.472 e. The Kier molecular flexibility index (Phi) is 5.29. The van der Waals surface area contributed by atoms with Crippen LogP contribution in [-0.4, -0.2) is 45.3 Å². The van der Waals surface area contributed by atoms with Gasteiger partial charge in [-0.3, -0.25) is 4.79 Å². The number of fused-ring (bicyclic) bond motifs is 3. The molecule has 8 heteroatoms. The van der Waals surface area contributed by atoms with E-state index >= 15 is 0 Å². The van der Waals surface area contributed by atoms with Gasteiger partial charge in [0, 0.05) is 34.8 Å². The van der Waals surface area contributed by atoms with Crippen LogP contribution in [-0.2, 0) is 23.8 Å². The van der Waals surface area contributed by atoms with Gasteiger partial charge in [0.1, 0.15) is 17.8 Å². The Labute approximate surface area is 234 Å². The quantitative estimate of drug-likeness (QED) is 0.304. The smallest absolute Gasteiger partial charge is 0.339 e. The van der Waals surface area contributed by atoms with Gasteiger partial charge in [0.05, 0.1) is 16.6 Å². The van der Waals surface area contributed by atoms with E-state index < -0.39 is 28.6 Å². The van der Waals surface area contributed by atoms with Crippen LogP contribution in [0.4, 0.5) is 0 Å². The molecule has 6 fully saturated rings. The van der Waals surface area contributed by atoms with Crippen LogP contribution in [0.2, 0.25) is 0 Å². The fourth-order valence-electron chi connectivity index (χ4n) is 10.8. The maximum Gasteiger partial charge on any atom is 0.339 e. The van der Waals surface area contributed by atoms with Crippen LogP contribution in [0.15, 0.2) is 23.0 Å². The highest BCUT2D eigenvalue weighted by molar-refractivity contribution is 8.21. The van der Waals surface area contributed by atoms with E-state index in [-0.39, 0.29) is 38.9 Å². The van der Waals surface area contributed by atoms with Crippen LogP contribution in [0.5, 0.6) is 0 Å². The Morgan fingerprint density at radius 2 is 1.76 bits per heavy atom. The number of thioether (sulfide) groups is 2. The molecule has 0 N–H and O–H groups in total. The van der Waals surface area contributed by atoms with Gasteiger partial charge in [-0.05, 0) is 60.8 Å². The highest BCUT2D eigenvalue weighted by atomic mass is 32.2. The summed E-state index contributed by atoms with van der Waals surface area (Å²) in [5.74, 6) is 2.53. The third kappa shape index (κ3) is 2.79. The van der Waals surface area contributed by atoms with E-state index in [1.54, 1.807) is 12.5 Å². The summed E-state index contributed by atoms with van der Waals surface area (Å²) >= 11 is 4.31. The molecule has 7 rings (SSSR count). The first-order valence-electron chi connectivity index (χ1n) is 14.2. The lowest BCUT2D eigenvalue weighted by atomic mass is 9.35. The fraction of sp³-hybridized carbons (Fsp3) is 0.800. The molecule has 3 saturated carbocycles. The fourth-order valence-corrected chi connectivity index (χ4v) is 14.5. The zero-order valence-corrected chi connectivity index (χ0v) is 25.0. The predicted octanol–water partition coefficient (Wildman–Crippen LogP) is 6.39. The number of rotatable bonds is 2. The summed E-state index contributed by atoms with van der Waals surface area (Å²) in [5, 5.41) is 0. The SMILES string of the molecule is CC(=O)O[C@@H]1C[C@@H]2C(C)(C)C3(CC[C@@]2(C)[C@@H]2CC[C@]4(C)[C@H](c5ccoc5)OC(=O)[C@H]5O[C@@]54[C@]12C)SCCS3. The molecule has 3 aliphatic carbocycles. The predicted molar refractivity (Wildman–Crippen MR) is 147 cm³/mol. The lowest BCUT2D eigenvalue weighted by Crippen LogP contribution is -2.73. The van der Waals surface area contributed by atoms with Crippen molar-refractivity contribution < 1.29 is 28.2 Å². The molecule has 2 spiro atoms. The second-order valence-corrected chi connectivity index (χ2v) is 17.0. The number of hydrogen-bond donors (Lipinski definition) is 0. The van der Waals surface area contributed by atoms with Crippen LogP contribution in [0, 0.1) is 33.5 Å². The number of carbonyl (C=O) groups excluding carboxylic acids is 2. The van der Waals surface area contributed by atoms with E-state index in [1.165, 1.54) is 24.9 Å². The molecule has 4 heterocycles. The van der Waals surface area contributed by atoms with Gasteiger partial charge in [-0.25, -0.2) is 4.79 Å². The summed E-state index contributed by atoms with van der Waals surface area (Å²) in [6.45, 7) is 13.5. The Bertz CT molecular complexity index is 1180. The maximum absolute atomic E-state index is 13.4. The number of cyclic esters (lactones) is 1. The van der Waals surface area contributed by atoms with Gasteiger partial charge < -0.3 is 18.6 Å². The summed E-state index contributed by atoms with van der Waals surface area (Å²) in [6.07, 6.45) is 6.96. The van der Waals surface area contributed by atoms with E-state index in [0.717, 1.165) is 31.2 Å². The number of carbonyl (C=O) groups is 2. The second kappa shape index (κ2) is 7.79. The molecule has 6 nitrogen and oxygen atoms in total. The molecule has 1 aromatic heterocycles. The van der Waals surface area contributed by atoms with Crippen LogP contribution >= 0.6 is 23.5 Å². The van der Waals surface area contributed by atoms with Crippen molar-refractivity contribution in [2.24, 2.45) is 33.5 Å². The summed E-state index contributed by atoms with van der Waals surface area (Å²) in [5.41, 5.74) is -0.702. The first-order valence-corrected chi connectivity index (χ1v) is 16.2. The summed E-state index contributed by atoms with van der Waals surface area (Å²) < 4.78 is 24.7. The lowest BCUT2D eigenvalue weighted by Gasteiger charge is -2.71. The van der Waals surface area contributed by atoms with E-state index in [2.05, 4.69) is 58.1 Å². The molecule has 0 unspecified atom stereocenters.